The van der Waals surface area contributed by atoms with Crippen LogP contribution >= 0.6 is 39.1 Å². The summed E-state index contributed by atoms with van der Waals surface area (Å²) >= 11 is 15.9. The molecule has 0 aliphatic heterocycles. The molecule has 1 rings (SSSR count). The van der Waals surface area contributed by atoms with Crippen LogP contribution in [-0.2, 0) is 6.42 Å². The van der Waals surface area contributed by atoms with Crippen LogP contribution in [0.4, 0.5) is 0 Å². The molecule has 1 aromatic carbocycles. The first-order valence-electron chi connectivity index (χ1n) is 5.88. The van der Waals surface area contributed by atoms with Crippen LogP contribution < -0.4 is 0 Å². The van der Waals surface area contributed by atoms with Gasteiger partial charge in [0, 0.05) is 21.6 Å². The highest BCUT2D eigenvalue weighted by Crippen LogP contribution is 2.35. The van der Waals surface area contributed by atoms with Crippen LogP contribution in [0.5, 0.6) is 0 Å². The van der Waals surface area contributed by atoms with E-state index in [9.17, 15) is 0 Å². The quantitative estimate of drug-likeness (QED) is 0.601. The summed E-state index contributed by atoms with van der Waals surface area (Å²) in [4.78, 5) is 0. The van der Waals surface area contributed by atoms with Gasteiger partial charge in [-0.05, 0) is 30.4 Å². The van der Waals surface area contributed by atoms with Crippen molar-refractivity contribution >= 4 is 39.1 Å². The molecule has 96 valence electrons. The number of hydrogen-bond acceptors (Lipinski definition) is 0. The summed E-state index contributed by atoms with van der Waals surface area (Å²) in [5.41, 5.74) is 1.29. The predicted octanol–water partition coefficient (Wildman–Crippen LogP) is 5.50. The Morgan fingerprint density at radius 1 is 1.18 bits per heavy atom. The van der Waals surface area contributed by atoms with Gasteiger partial charge in [0.2, 0.25) is 0 Å². The highest BCUT2D eigenvalue weighted by molar-refractivity contribution is 9.10. The van der Waals surface area contributed by atoms with Crippen LogP contribution in [0.15, 0.2) is 28.7 Å². The van der Waals surface area contributed by atoms with Crippen molar-refractivity contribution in [3.8, 4) is 0 Å². The molecule has 0 N–H and O–H groups in total. The van der Waals surface area contributed by atoms with Gasteiger partial charge in [-0.15, -0.1) is 23.2 Å². The molecule has 1 aromatic rings. The van der Waals surface area contributed by atoms with E-state index >= 15 is 0 Å². The molecular weight excluding hydrogens is 319 g/mol. The van der Waals surface area contributed by atoms with Gasteiger partial charge in [-0.1, -0.05) is 48.0 Å². The van der Waals surface area contributed by atoms with Gasteiger partial charge in [-0.2, -0.15) is 0 Å². The lowest BCUT2D eigenvalue weighted by Crippen LogP contribution is -2.30. The number of hydrogen-bond donors (Lipinski definition) is 0. The van der Waals surface area contributed by atoms with Crippen LogP contribution in [0.1, 0.15) is 25.8 Å². The molecule has 0 nitrogen and oxygen atoms in total. The van der Waals surface area contributed by atoms with E-state index in [2.05, 4.69) is 48.0 Å². The molecule has 0 atom stereocenters. The molecule has 17 heavy (non-hydrogen) atoms. The van der Waals surface area contributed by atoms with Crippen LogP contribution in [0.25, 0.3) is 0 Å². The molecule has 0 bridgehead atoms. The zero-order valence-electron chi connectivity index (χ0n) is 10.3. The summed E-state index contributed by atoms with van der Waals surface area (Å²) in [7, 11) is 0. The molecule has 0 saturated carbocycles. The van der Waals surface area contributed by atoms with Gasteiger partial charge < -0.3 is 0 Å². The summed E-state index contributed by atoms with van der Waals surface area (Å²) in [5, 5.41) is 0. The van der Waals surface area contributed by atoms with Gasteiger partial charge in [0.1, 0.15) is 0 Å². The van der Waals surface area contributed by atoms with Crippen LogP contribution in [-0.4, -0.2) is 11.8 Å². The molecule has 0 aromatic heterocycles. The van der Waals surface area contributed by atoms with Crippen molar-refractivity contribution in [2.75, 3.05) is 11.8 Å². The first-order chi connectivity index (χ1) is 8.03. The lowest BCUT2D eigenvalue weighted by atomic mass is 9.78. The fraction of sp³-hybridized carbons (Fsp3) is 0.571. The minimum Gasteiger partial charge on any atom is -0.126 e. The van der Waals surface area contributed by atoms with Gasteiger partial charge in [-0.3, -0.25) is 0 Å². The highest BCUT2D eigenvalue weighted by atomic mass is 79.9. The lowest BCUT2D eigenvalue weighted by molar-refractivity contribution is 0.295. The Hall–Kier alpha value is 0.280. The zero-order chi connectivity index (χ0) is 12.9. The molecule has 0 heterocycles. The number of alkyl halides is 2. The Labute approximate surface area is 123 Å². The van der Waals surface area contributed by atoms with E-state index in [1.165, 1.54) is 5.56 Å². The van der Waals surface area contributed by atoms with Crippen LogP contribution in [0.3, 0.4) is 0 Å². The fourth-order valence-corrected chi connectivity index (χ4v) is 3.34. The molecule has 0 saturated heterocycles. The van der Waals surface area contributed by atoms with Crippen molar-refractivity contribution in [2.24, 2.45) is 11.3 Å². The Kier molecular flexibility index (Phi) is 6.33. The Morgan fingerprint density at radius 3 is 2.24 bits per heavy atom. The maximum atomic E-state index is 6.17. The van der Waals surface area contributed by atoms with Crippen LogP contribution in [0, 0.1) is 11.3 Å². The maximum absolute atomic E-state index is 6.17. The third kappa shape index (κ3) is 4.46. The second-order valence-corrected chi connectivity index (χ2v) is 6.52. The molecule has 0 fully saturated rings. The number of benzene rings is 1. The predicted molar refractivity (Wildman–Crippen MR) is 81.2 cm³/mol. The first-order valence-corrected chi connectivity index (χ1v) is 7.74. The van der Waals surface area contributed by atoms with E-state index < -0.39 is 0 Å². The Morgan fingerprint density at radius 2 is 1.76 bits per heavy atom. The van der Waals surface area contributed by atoms with E-state index in [0.717, 1.165) is 17.3 Å². The largest absolute Gasteiger partial charge is 0.126 e. The summed E-state index contributed by atoms with van der Waals surface area (Å²) < 4.78 is 1.14. The smallest absolute Gasteiger partial charge is 0.0294 e. The van der Waals surface area contributed by atoms with Crippen molar-refractivity contribution in [2.45, 2.75) is 26.7 Å². The van der Waals surface area contributed by atoms with E-state index in [1.54, 1.807) is 0 Å². The Balaban J connectivity index is 2.90. The van der Waals surface area contributed by atoms with Crippen LogP contribution in [0.2, 0.25) is 0 Å². The third-order valence-corrected chi connectivity index (χ3v) is 4.84. The summed E-state index contributed by atoms with van der Waals surface area (Å²) in [6.45, 7) is 4.43. The molecule has 0 radical (unpaired) electrons. The van der Waals surface area contributed by atoms with E-state index in [-0.39, 0.29) is 5.41 Å². The van der Waals surface area contributed by atoms with E-state index in [0.29, 0.717) is 17.7 Å². The van der Waals surface area contributed by atoms with Gasteiger partial charge in [0.15, 0.2) is 0 Å². The first kappa shape index (κ1) is 15.3. The van der Waals surface area contributed by atoms with Crippen molar-refractivity contribution in [3.63, 3.8) is 0 Å². The van der Waals surface area contributed by atoms with Gasteiger partial charge in [-0.25, -0.2) is 0 Å². The zero-order valence-corrected chi connectivity index (χ0v) is 13.4. The van der Waals surface area contributed by atoms with E-state index in [1.807, 2.05) is 6.07 Å². The summed E-state index contributed by atoms with van der Waals surface area (Å²) in [5.74, 6) is 1.82. The second-order valence-electron chi connectivity index (χ2n) is 5.13. The fourth-order valence-electron chi connectivity index (χ4n) is 2.22. The number of rotatable bonds is 6. The average Bonchev–Trinajstić information content (AvgIpc) is 2.30. The molecule has 0 unspecified atom stereocenters. The minimum atomic E-state index is 0.00114. The van der Waals surface area contributed by atoms with Gasteiger partial charge in [0.05, 0.1) is 0 Å². The van der Waals surface area contributed by atoms with Gasteiger partial charge in [0.25, 0.3) is 0 Å². The van der Waals surface area contributed by atoms with Crippen molar-refractivity contribution in [3.05, 3.63) is 34.3 Å². The number of halogens is 3. The summed E-state index contributed by atoms with van der Waals surface area (Å²) in [6.07, 6.45) is 1.99. The monoisotopic (exact) mass is 336 g/mol. The molecule has 0 amide bonds. The average molecular weight is 338 g/mol. The molecular formula is C14H19BrCl2. The van der Waals surface area contributed by atoms with E-state index in [4.69, 9.17) is 23.2 Å². The van der Waals surface area contributed by atoms with Crippen molar-refractivity contribution in [1.82, 2.24) is 0 Å². The second kappa shape index (κ2) is 7.01. The Bertz CT molecular complexity index is 346. The lowest BCUT2D eigenvalue weighted by Gasteiger charge is -2.32. The highest BCUT2D eigenvalue weighted by Gasteiger charge is 2.30. The SMILES string of the molecule is CC(C)CC(CCl)(CCl)Cc1ccccc1Br. The topological polar surface area (TPSA) is 0 Å². The molecule has 3 heteroatoms. The standard InChI is InChI=1S/C14H19BrCl2/c1-11(2)7-14(9-16,10-17)8-12-5-3-4-6-13(12)15/h3-6,11H,7-10H2,1-2H3. The minimum absolute atomic E-state index is 0.00114. The third-order valence-electron chi connectivity index (χ3n) is 2.93. The molecule has 0 aliphatic rings. The normalized spacial score (nSPS) is 12.1. The van der Waals surface area contributed by atoms with Crippen molar-refractivity contribution in [1.29, 1.82) is 0 Å². The molecule has 0 spiro atoms. The maximum Gasteiger partial charge on any atom is 0.0294 e. The summed E-state index contributed by atoms with van der Waals surface area (Å²) in [6, 6.07) is 8.29. The molecule has 0 aliphatic carbocycles. The van der Waals surface area contributed by atoms with Gasteiger partial charge >= 0.3 is 0 Å². The van der Waals surface area contributed by atoms with Crippen molar-refractivity contribution < 1.29 is 0 Å².